The van der Waals surface area contributed by atoms with Crippen LogP contribution in [0.4, 0.5) is 0 Å². The molecule has 0 radical (unpaired) electrons. The second kappa shape index (κ2) is 5.53. The Hall–Kier alpha value is -1.33. The molecule has 0 spiro atoms. The first-order chi connectivity index (χ1) is 7.24. The van der Waals surface area contributed by atoms with Crippen LogP contribution in [-0.2, 0) is 6.42 Å². The smallest absolute Gasteiger partial charge is 0.179 e. The third-order valence-electron chi connectivity index (χ3n) is 2.10. The number of hydrogen-bond acceptors (Lipinski definition) is 2. The molecule has 80 valence electrons. The normalized spacial score (nSPS) is 9.47. The lowest BCUT2D eigenvalue weighted by molar-refractivity contribution is 0.354. The molecule has 15 heavy (non-hydrogen) atoms. The molecular formula is C12H13ClO2. The Morgan fingerprint density at radius 2 is 2.07 bits per heavy atom. The van der Waals surface area contributed by atoms with Crippen molar-refractivity contribution in [1.29, 1.82) is 0 Å². The zero-order valence-electron chi connectivity index (χ0n) is 8.84. The molecule has 0 aliphatic carbocycles. The van der Waals surface area contributed by atoms with E-state index < -0.39 is 0 Å². The van der Waals surface area contributed by atoms with Crippen LogP contribution in [0.5, 0.6) is 11.5 Å². The Labute approximate surface area is 95.2 Å². The van der Waals surface area contributed by atoms with Crippen LogP contribution in [0, 0.1) is 12.3 Å². The molecule has 3 heteroatoms. The highest BCUT2D eigenvalue weighted by Crippen LogP contribution is 2.37. The molecule has 0 amide bonds. The van der Waals surface area contributed by atoms with Crippen molar-refractivity contribution in [1.82, 2.24) is 0 Å². The SMILES string of the molecule is C#CCCc1ccc(OC)c(OC)c1Cl. The van der Waals surface area contributed by atoms with Crippen LogP contribution in [0.1, 0.15) is 12.0 Å². The Kier molecular flexibility index (Phi) is 4.33. The molecule has 1 aromatic rings. The van der Waals surface area contributed by atoms with E-state index in [-0.39, 0.29) is 0 Å². The van der Waals surface area contributed by atoms with Crippen LogP contribution >= 0.6 is 11.6 Å². The zero-order valence-corrected chi connectivity index (χ0v) is 9.60. The standard InChI is InChI=1S/C12H13ClO2/c1-4-5-6-9-7-8-10(14-2)12(15-3)11(9)13/h1,7-8H,5-6H2,2-3H3. The van der Waals surface area contributed by atoms with Crippen molar-refractivity contribution in [2.45, 2.75) is 12.8 Å². The largest absolute Gasteiger partial charge is 0.493 e. The number of rotatable bonds is 4. The maximum Gasteiger partial charge on any atom is 0.179 e. The van der Waals surface area contributed by atoms with Gasteiger partial charge in [-0.05, 0) is 18.1 Å². The lowest BCUT2D eigenvalue weighted by atomic mass is 10.1. The fourth-order valence-electron chi connectivity index (χ4n) is 1.33. The third kappa shape index (κ3) is 2.57. The molecule has 0 unspecified atom stereocenters. The molecule has 0 aliphatic heterocycles. The van der Waals surface area contributed by atoms with E-state index in [4.69, 9.17) is 27.5 Å². The highest BCUT2D eigenvalue weighted by molar-refractivity contribution is 6.33. The first kappa shape index (κ1) is 11.7. The molecular weight excluding hydrogens is 212 g/mol. The predicted molar refractivity (Wildman–Crippen MR) is 61.7 cm³/mol. The molecule has 0 N–H and O–H groups in total. The highest BCUT2D eigenvalue weighted by atomic mass is 35.5. The maximum absolute atomic E-state index is 6.15. The van der Waals surface area contributed by atoms with Gasteiger partial charge in [-0.15, -0.1) is 12.3 Å². The Balaban J connectivity index is 3.06. The average Bonchev–Trinajstić information content (AvgIpc) is 2.27. The molecule has 1 aromatic carbocycles. The monoisotopic (exact) mass is 224 g/mol. The molecule has 0 heterocycles. The quantitative estimate of drug-likeness (QED) is 0.733. The minimum Gasteiger partial charge on any atom is -0.493 e. The summed E-state index contributed by atoms with van der Waals surface area (Å²) in [5, 5.41) is 0.576. The first-order valence-electron chi connectivity index (χ1n) is 4.57. The molecule has 0 bridgehead atoms. The minimum atomic E-state index is 0.564. The van der Waals surface area contributed by atoms with Crippen molar-refractivity contribution in [2.24, 2.45) is 0 Å². The number of benzene rings is 1. The number of methoxy groups -OCH3 is 2. The molecule has 0 saturated carbocycles. The van der Waals surface area contributed by atoms with Gasteiger partial charge < -0.3 is 9.47 Å². The Bertz CT molecular complexity index is 380. The number of halogens is 1. The molecule has 0 saturated heterocycles. The molecule has 0 atom stereocenters. The predicted octanol–water partition coefficient (Wildman–Crippen LogP) is 2.92. The van der Waals surface area contributed by atoms with Crippen molar-refractivity contribution < 1.29 is 9.47 Å². The second-order valence-electron chi connectivity index (χ2n) is 2.98. The van der Waals surface area contributed by atoms with Crippen molar-refractivity contribution in [2.75, 3.05) is 14.2 Å². The number of terminal acetylenes is 1. The lowest BCUT2D eigenvalue weighted by Gasteiger charge is -2.11. The lowest BCUT2D eigenvalue weighted by Crippen LogP contribution is -1.94. The van der Waals surface area contributed by atoms with Gasteiger partial charge in [0.1, 0.15) is 0 Å². The van der Waals surface area contributed by atoms with Gasteiger partial charge in [-0.2, -0.15) is 0 Å². The summed E-state index contributed by atoms with van der Waals surface area (Å²) in [6.45, 7) is 0. The van der Waals surface area contributed by atoms with Gasteiger partial charge in [0.2, 0.25) is 0 Å². The topological polar surface area (TPSA) is 18.5 Å². The van der Waals surface area contributed by atoms with Crippen LogP contribution in [-0.4, -0.2) is 14.2 Å². The minimum absolute atomic E-state index is 0.564. The summed E-state index contributed by atoms with van der Waals surface area (Å²) in [4.78, 5) is 0. The summed E-state index contributed by atoms with van der Waals surface area (Å²) in [6.07, 6.45) is 6.61. The van der Waals surface area contributed by atoms with Crippen LogP contribution in [0.15, 0.2) is 12.1 Å². The van der Waals surface area contributed by atoms with Gasteiger partial charge in [-0.25, -0.2) is 0 Å². The van der Waals surface area contributed by atoms with Gasteiger partial charge >= 0.3 is 0 Å². The van der Waals surface area contributed by atoms with E-state index in [2.05, 4.69) is 5.92 Å². The third-order valence-corrected chi connectivity index (χ3v) is 2.52. The fraction of sp³-hybridized carbons (Fsp3) is 0.333. The van der Waals surface area contributed by atoms with Gasteiger partial charge in [0.25, 0.3) is 0 Å². The second-order valence-corrected chi connectivity index (χ2v) is 3.36. The van der Waals surface area contributed by atoms with Gasteiger partial charge in [-0.1, -0.05) is 17.7 Å². The summed E-state index contributed by atoms with van der Waals surface area (Å²) in [5.41, 5.74) is 0.979. The number of ether oxygens (including phenoxy) is 2. The van der Waals surface area contributed by atoms with Gasteiger partial charge in [0.05, 0.1) is 19.2 Å². The summed E-state index contributed by atoms with van der Waals surface area (Å²) in [5.74, 6) is 3.77. The van der Waals surface area contributed by atoms with Crippen molar-refractivity contribution in [3.8, 4) is 23.8 Å². The molecule has 0 fully saturated rings. The van der Waals surface area contributed by atoms with Crippen molar-refractivity contribution in [3.05, 3.63) is 22.7 Å². The molecule has 2 nitrogen and oxygen atoms in total. The Morgan fingerprint density at radius 3 is 2.60 bits per heavy atom. The summed E-state index contributed by atoms with van der Waals surface area (Å²) < 4.78 is 10.3. The molecule has 1 rings (SSSR count). The van der Waals surface area contributed by atoms with Crippen molar-refractivity contribution in [3.63, 3.8) is 0 Å². The van der Waals surface area contributed by atoms with Crippen LogP contribution in [0.25, 0.3) is 0 Å². The zero-order chi connectivity index (χ0) is 11.3. The van der Waals surface area contributed by atoms with E-state index in [9.17, 15) is 0 Å². The van der Waals surface area contributed by atoms with E-state index >= 15 is 0 Å². The maximum atomic E-state index is 6.15. The van der Waals surface area contributed by atoms with Gasteiger partial charge in [-0.3, -0.25) is 0 Å². The summed E-state index contributed by atoms with van der Waals surface area (Å²) in [6, 6.07) is 3.73. The fourth-order valence-corrected chi connectivity index (χ4v) is 1.66. The number of hydrogen-bond donors (Lipinski definition) is 0. The Morgan fingerprint density at radius 1 is 1.33 bits per heavy atom. The summed E-state index contributed by atoms with van der Waals surface area (Å²) in [7, 11) is 3.14. The molecule has 0 aromatic heterocycles. The highest BCUT2D eigenvalue weighted by Gasteiger charge is 2.12. The van der Waals surface area contributed by atoms with Crippen molar-refractivity contribution >= 4 is 11.6 Å². The van der Waals surface area contributed by atoms with E-state index in [0.717, 1.165) is 12.0 Å². The van der Waals surface area contributed by atoms with E-state index in [1.54, 1.807) is 14.2 Å². The van der Waals surface area contributed by atoms with E-state index in [0.29, 0.717) is 22.9 Å². The van der Waals surface area contributed by atoms with Crippen LogP contribution in [0.2, 0.25) is 5.02 Å². The number of aryl methyl sites for hydroxylation is 1. The van der Waals surface area contributed by atoms with E-state index in [1.807, 2.05) is 12.1 Å². The first-order valence-corrected chi connectivity index (χ1v) is 4.95. The van der Waals surface area contributed by atoms with Crippen LogP contribution < -0.4 is 9.47 Å². The van der Waals surface area contributed by atoms with Gasteiger partial charge in [0.15, 0.2) is 11.5 Å². The van der Waals surface area contributed by atoms with E-state index in [1.165, 1.54) is 0 Å². The average molecular weight is 225 g/mol. The molecule has 0 aliphatic rings. The van der Waals surface area contributed by atoms with Gasteiger partial charge in [0, 0.05) is 6.42 Å². The van der Waals surface area contributed by atoms with Crippen LogP contribution in [0.3, 0.4) is 0 Å². The summed E-state index contributed by atoms with van der Waals surface area (Å²) >= 11 is 6.15.